The minimum atomic E-state index is -1.24. The van der Waals surface area contributed by atoms with Gasteiger partial charge in [0.1, 0.15) is 0 Å². The van der Waals surface area contributed by atoms with E-state index in [0.29, 0.717) is 13.0 Å². The summed E-state index contributed by atoms with van der Waals surface area (Å²) < 4.78 is 9.70. The summed E-state index contributed by atoms with van der Waals surface area (Å²) in [7, 11) is 0.0261. The molecule has 0 aromatic heterocycles. The molecule has 0 saturated heterocycles. The predicted octanol–water partition coefficient (Wildman–Crippen LogP) is 1.33. The highest BCUT2D eigenvalue weighted by Gasteiger charge is 2.18. The van der Waals surface area contributed by atoms with E-state index in [2.05, 4.69) is 29.7 Å². The van der Waals surface area contributed by atoms with Crippen LogP contribution < -0.4 is 5.32 Å². The molecule has 0 fully saturated rings. The third-order valence-electron chi connectivity index (χ3n) is 3.48. The molecule has 0 aromatic rings. The van der Waals surface area contributed by atoms with Gasteiger partial charge >= 0.3 is 11.9 Å². The predicted molar refractivity (Wildman–Crippen MR) is 93.2 cm³/mol. The Hall–Kier alpha value is -1.41. The normalized spacial score (nSPS) is 12.4. The zero-order chi connectivity index (χ0) is 18.6. The number of hydrogen-bond donors (Lipinski definition) is 2. The van der Waals surface area contributed by atoms with E-state index in [1.54, 1.807) is 0 Å². The molecule has 0 aliphatic rings. The smallest absolute Gasteiger partial charge is 0.306 e. The monoisotopic (exact) mass is 361 g/mol. The van der Waals surface area contributed by atoms with Crippen molar-refractivity contribution in [3.05, 3.63) is 0 Å². The molecule has 0 radical (unpaired) electrons. The first kappa shape index (κ1) is 22.6. The van der Waals surface area contributed by atoms with Crippen molar-refractivity contribution < 1.29 is 29.0 Å². The van der Waals surface area contributed by atoms with E-state index >= 15 is 0 Å². The number of carbonyl (C=O) groups is 3. The van der Waals surface area contributed by atoms with Gasteiger partial charge in [-0.2, -0.15) is 0 Å². The second-order valence-electron chi connectivity index (χ2n) is 6.99. The quantitative estimate of drug-likeness (QED) is 0.402. The second kappa shape index (κ2) is 12.0. The summed E-state index contributed by atoms with van der Waals surface area (Å²) in [4.78, 5) is 34.5. The molecule has 1 atom stereocenters. The first-order valence-electron chi connectivity index (χ1n) is 8.28. The van der Waals surface area contributed by atoms with Gasteiger partial charge in [-0.05, 0) is 18.4 Å². The standard InChI is InChI=1S/C16H31NO6Si/c1-22-15(20)6-5-14(19)17-12-13(7-8-18)11-16(21)23-9-10-24(2,3)4/h13,18H,5-12H2,1-4H3,(H,17,19). The fraction of sp³-hybridized carbons (Fsp3) is 0.812. The summed E-state index contributed by atoms with van der Waals surface area (Å²) in [5.74, 6) is -1.22. The highest BCUT2D eigenvalue weighted by atomic mass is 28.3. The Morgan fingerprint density at radius 1 is 1.12 bits per heavy atom. The van der Waals surface area contributed by atoms with Crippen molar-refractivity contribution in [3.63, 3.8) is 0 Å². The number of nitrogens with one attached hydrogen (secondary N) is 1. The lowest BCUT2D eigenvalue weighted by molar-refractivity contribution is -0.144. The number of amides is 1. The summed E-state index contributed by atoms with van der Waals surface area (Å²) in [6.45, 7) is 7.25. The van der Waals surface area contributed by atoms with Crippen molar-refractivity contribution >= 4 is 25.9 Å². The molecule has 8 heteroatoms. The number of aliphatic hydroxyl groups excluding tert-OH is 1. The van der Waals surface area contributed by atoms with Gasteiger partial charge < -0.3 is 19.9 Å². The molecular formula is C16H31NO6Si. The Kier molecular flexibility index (Phi) is 11.3. The van der Waals surface area contributed by atoms with Crippen LogP contribution >= 0.6 is 0 Å². The van der Waals surface area contributed by atoms with Crippen LogP contribution in [0, 0.1) is 5.92 Å². The highest BCUT2D eigenvalue weighted by Crippen LogP contribution is 2.11. The number of aliphatic hydroxyl groups is 1. The number of carbonyl (C=O) groups excluding carboxylic acids is 3. The maximum absolute atomic E-state index is 11.9. The molecule has 1 amide bonds. The van der Waals surface area contributed by atoms with Gasteiger partial charge in [0.05, 0.1) is 26.6 Å². The molecule has 0 aliphatic heterocycles. The summed E-state index contributed by atoms with van der Waals surface area (Å²) in [6, 6.07) is 0.910. The lowest BCUT2D eigenvalue weighted by atomic mass is 10.0. The van der Waals surface area contributed by atoms with Gasteiger partial charge in [0, 0.05) is 27.6 Å². The van der Waals surface area contributed by atoms with Crippen LogP contribution in [0.3, 0.4) is 0 Å². The second-order valence-corrected chi connectivity index (χ2v) is 12.6. The van der Waals surface area contributed by atoms with Crippen LogP contribution in [0.15, 0.2) is 0 Å². The minimum absolute atomic E-state index is 0.0196. The maximum Gasteiger partial charge on any atom is 0.306 e. The van der Waals surface area contributed by atoms with E-state index in [1.807, 2.05) is 0 Å². The molecule has 0 spiro atoms. The van der Waals surface area contributed by atoms with Crippen LogP contribution in [0.4, 0.5) is 0 Å². The van der Waals surface area contributed by atoms with E-state index in [-0.39, 0.29) is 50.2 Å². The van der Waals surface area contributed by atoms with Crippen molar-refractivity contribution in [1.82, 2.24) is 5.32 Å². The summed E-state index contributed by atoms with van der Waals surface area (Å²) in [5, 5.41) is 11.8. The molecule has 0 saturated carbocycles. The topological polar surface area (TPSA) is 102 Å². The van der Waals surface area contributed by atoms with Crippen molar-refractivity contribution in [2.45, 2.75) is 51.4 Å². The Bertz CT molecular complexity index is 408. The van der Waals surface area contributed by atoms with Crippen molar-refractivity contribution in [2.24, 2.45) is 5.92 Å². The van der Waals surface area contributed by atoms with Crippen LogP contribution in [-0.4, -0.2) is 57.9 Å². The van der Waals surface area contributed by atoms with Gasteiger partial charge in [-0.3, -0.25) is 14.4 Å². The molecule has 2 N–H and O–H groups in total. The van der Waals surface area contributed by atoms with Gasteiger partial charge in [0.25, 0.3) is 0 Å². The number of esters is 2. The van der Waals surface area contributed by atoms with Crippen LogP contribution in [0.25, 0.3) is 0 Å². The average molecular weight is 362 g/mol. The molecule has 7 nitrogen and oxygen atoms in total. The van der Waals surface area contributed by atoms with Crippen LogP contribution in [0.1, 0.15) is 25.7 Å². The Morgan fingerprint density at radius 3 is 2.33 bits per heavy atom. The van der Waals surface area contributed by atoms with Gasteiger partial charge in [-0.25, -0.2) is 0 Å². The molecule has 140 valence electrons. The SMILES string of the molecule is COC(=O)CCC(=O)NCC(CCO)CC(=O)OCC[Si](C)(C)C. The Labute approximate surface area is 145 Å². The Balaban J connectivity index is 4.13. The van der Waals surface area contributed by atoms with E-state index in [1.165, 1.54) is 7.11 Å². The van der Waals surface area contributed by atoms with Gasteiger partial charge in [0.2, 0.25) is 5.91 Å². The third-order valence-corrected chi connectivity index (χ3v) is 5.18. The van der Waals surface area contributed by atoms with Crippen molar-refractivity contribution in [1.29, 1.82) is 0 Å². The first-order valence-corrected chi connectivity index (χ1v) is 12.0. The fourth-order valence-electron chi connectivity index (χ4n) is 1.89. The summed E-state index contributed by atoms with van der Waals surface area (Å²) in [5.41, 5.74) is 0. The van der Waals surface area contributed by atoms with E-state index in [0.717, 1.165) is 6.04 Å². The van der Waals surface area contributed by atoms with Crippen LogP contribution in [0.2, 0.25) is 25.7 Å². The summed E-state index contributed by atoms with van der Waals surface area (Å²) >= 11 is 0. The zero-order valence-electron chi connectivity index (χ0n) is 15.2. The lowest BCUT2D eigenvalue weighted by Gasteiger charge is -2.18. The van der Waals surface area contributed by atoms with Crippen LogP contribution in [-0.2, 0) is 23.9 Å². The number of ether oxygens (including phenoxy) is 2. The minimum Gasteiger partial charge on any atom is -0.469 e. The van der Waals surface area contributed by atoms with Crippen molar-refractivity contribution in [3.8, 4) is 0 Å². The van der Waals surface area contributed by atoms with Crippen molar-refractivity contribution in [2.75, 3.05) is 26.9 Å². The lowest BCUT2D eigenvalue weighted by Crippen LogP contribution is -2.31. The molecule has 0 rings (SSSR count). The molecule has 24 heavy (non-hydrogen) atoms. The Morgan fingerprint density at radius 2 is 1.79 bits per heavy atom. The maximum atomic E-state index is 11.9. The van der Waals surface area contributed by atoms with Gasteiger partial charge in [-0.1, -0.05) is 19.6 Å². The molecule has 0 aromatic carbocycles. The molecule has 1 unspecified atom stereocenters. The molecule has 0 aliphatic carbocycles. The number of rotatable bonds is 12. The number of hydrogen-bond acceptors (Lipinski definition) is 6. The fourth-order valence-corrected chi connectivity index (χ4v) is 2.60. The molecule has 0 bridgehead atoms. The van der Waals surface area contributed by atoms with Crippen LogP contribution in [0.5, 0.6) is 0 Å². The zero-order valence-corrected chi connectivity index (χ0v) is 16.2. The molecular weight excluding hydrogens is 330 g/mol. The summed E-state index contributed by atoms with van der Waals surface area (Å²) in [6.07, 6.45) is 0.620. The third kappa shape index (κ3) is 13.1. The van der Waals surface area contributed by atoms with E-state index in [4.69, 9.17) is 9.84 Å². The van der Waals surface area contributed by atoms with Gasteiger partial charge in [0.15, 0.2) is 0 Å². The molecule has 0 heterocycles. The largest absolute Gasteiger partial charge is 0.469 e. The average Bonchev–Trinajstić information content (AvgIpc) is 2.49. The highest BCUT2D eigenvalue weighted by molar-refractivity contribution is 6.76. The van der Waals surface area contributed by atoms with Gasteiger partial charge in [-0.15, -0.1) is 0 Å². The number of methoxy groups -OCH3 is 1. The van der Waals surface area contributed by atoms with E-state index in [9.17, 15) is 14.4 Å². The van der Waals surface area contributed by atoms with E-state index < -0.39 is 14.0 Å². The first-order chi connectivity index (χ1) is 11.2.